The van der Waals surface area contributed by atoms with Crippen LogP contribution in [0.15, 0.2) is 22.7 Å². The smallest absolute Gasteiger partial charge is 0.123 e. The molecule has 1 aromatic carbocycles. The second kappa shape index (κ2) is 4.69. The average molecular weight is 248 g/mol. The van der Waals surface area contributed by atoms with Crippen molar-refractivity contribution in [1.29, 1.82) is 0 Å². The molecule has 0 aliphatic rings. The van der Waals surface area contributed by atoms with Crippen LogP contribution in [0.5, 0.6) is 0 Å². The summed E-state index contributed by atoms with van der Waals surface area (Å²) in [5, 5.41) is 0. The van der Waals surface area contributed by atoms with Crippen LogP contribution in [-0.4, -0.2) is 13.7 Å². The summed E-state index contributed by atoms with van der Waals surface area (Å²) in [6, 6.07) is 4.14. The third-order valence-corrected chi connectivity index (χ3v) is 2.43. The number of benzene rings is 1. The topological polar surface area (TPSA) is 35.2 Å². The molecule has 1 atom stereocenters. The predicted octanol–water partition coefficient (Wildman–Crippen LogP) is 2.23. The normalized spacial score (nSPS) is 12.9. The number of hydrogen-bond acceptors (Lipinski definition) is 2. The largest absolute Gasteiger partial charge is 0.383 e. The zero-order chi connectivity index (χ0) is 9.84. The van der Waals surface area contributed by atoms with Gasteiger partial charge in [0.15, 0.2) is 0 Å². The molecule has 0 spiro atoms. The molecule has 0 bridgehead atoms. The third-order valence-electron chi connectivity index (χ3n) is 1.70. The van der Waals surface area contributed by atoms with Gasteiger partial charge < -0.3 is 10.5 Å². The van der Waals surface area contributed by atoms with Gasteiger partial charge in [0.05, 0.1) is 12.6 Å². The van der Waals surface area contributed by atoms with E-state index in [1.807, 2.05) is 0 Å². The minimum Gasteiger partial charge on any atom is -0.383 e. The van der Waals surface area contributed by atoms with Gasteiger partial charge >= 0.3 is 0 Å². The van der Waals surface area contributed by atoms with Gasteiger partial charge in [-0.1, -0.05) is 15.9 Å². The Labute approximate surface area is 85.0 Å². The van der Waals surface area contributed by atoms with Crippen LogP contribution < -0.4 is 5.73 Å². The highest BCUT2D eigenvalue weighted by molar-refractivity contribution is 9.10. The molecular weight excluding hydrogens is 237 g/mol. The van der Waals surface area contributed by atoms with E-state index >= 15 is 0 Å². The van der Waals surface area contributed by atoms with Crippen LogP contribution in [0.1, 0.15) is 11.6 Å². The Bertz CT molecular complexity index is 293. The van der Waals surface area contributed by atoms with Crippen LogP contribution >= 0.6 is 15.9 Å². The quantitative estimate of drug-likeness (QED) is 0.890. The van der Waals surface area contributed by atoms with Gasteiger partial charge in [0.25, 0.3) is 0 Å². The highest BCUT2D eigenvalue weighted by Gasteiger charge is 2.10. The molecule has 0 saturated carbocycles. The molecule has 0 heterocycles. The molecule has 2 nitrogen and oxygen atoms in total. The van der Waals surface area contributed by atoms with Crippen molar-refractivity contribution in [2.75, 3.05) is 13.7 Å². The molecule has 0 saturated heterocycles. The van der Waals surface area contributed by atoms with E-state index in [0.717, 1.165) is 10.0 Å². The molecule has 0 aliphatic carbocycles. The zero-order valence-electron chi connectivity index (χ0n) is 7.26. The van der Waals surface area contributed by atoms with Crippen molar-refractivity contribution < 1.29 is 9.13 Å². The zero-order valence-corrected chi connectivity index (χ0v) is 8.84. The Morgan fingerprint density at radius 3 is 2.92 bits per heavy atom. The average Bonchev–Trinajstić information content (AvgIpc) is 2.09. The molecule has 0 unspecified atom stereocenters. The van der Waals surface area contributed by atoms with Crippen molar-refractivity contribution in [3.8, 4) is 0 Å². The summed E-state index contributed by atoms with van der Waals surface area (Å²) in [6.07, 6.45) is 0. The van der Waals surface area contributed by atoms with Gasteiger partial charge in [-0.2, -0.15) is 0 Å². The Morgan fingerprint density at radius 2 is 2.31 bits per heavy atom. The van der Waals surface area contributed by atoms with Gasteiger partial charge in [0, 0.05) is 11.6 Å². The fourth-order valence-corrected chi connectivity index (χ4v) is 1.61. The Kier molecular flexibility index (Phi) is 3.84. The fourth-order valence-electron chi connectivity index (χ4n) is 1.07. The van der Waals surface area contributed by atoms with E-state index in [-0.39, 0.29) is 11.9 Å². The van der Waals surface area contributed by atoms with E-state index in [9.17, 15) is 4.39 Å². The minimum absolute atomic E-state index is 0.287. The fraction of sp³-hybridized carbons (Fsp3) is 0.333. The number of nitrogens with two attached hydrogens (primary N) is 1. The lowest BCUT2D eigenvalue weighted by Crippen LogP contribution is -2.16. The van der Waals surface area contributed by atoms with Crippen molar-refractivity contribution >= 4 is 15.9 Å². The Morgan fingerprint density at radius 1 is 1.62 bits per heavy atom. The van der Waals surface area contributed by atoms with Crippen LogP contribution in [0.25, 0.3) is 0 Å². The molecule has 0 aliphatic heterocycles. The lowest BCUT2D eigenvalue weighted by atomic mass is 10.1. The molecule has 0 radical (unpaired) electrons. The highest BCUT2D eigenvalue weighted by Crippen LogP contribution is 2.22. The number of methoxy groups -OCH3 is 1. The van der Waals surface area contributed by atoms with Crippen LogP contribution in [0.2, 0.25) is 0 Å². The molecular formula is C9H11BrFNO. The van der Waals surface area contributed by atoms with Gasteiger partial charge in [-0.25, -0.2) is 4.39 Å². The lowest BCUT2D eigenvalue weighted by molar-refractivity contribution is 0.180. The van der Waals surface area contributed by atoms with Crippen LogP contribution in [0, 0.1) is 5.82 Å². The van der Waals surface area contributed by atoms with E-state index in [1.165, 1.54) is 12.1 Å². The number of rotatable bonds is 3. The molecule has 0 amide bonds. The second-order valence-corrected chi connectivity index (χ2v) is 3.58. The second-order valence-electron chi connectivity index (χ2n) is 2.73. The standard InChI is InChI=1S/C9H11BrFNO/c1-13-5-9(12)7-4-6(11)2-3-8(7)10/h2-4,9H,5,12H2,1H3/t9-/m0/s1. The number of hydrogen-bond donors (Lipinski definition) is 1. The Balaban J connectivity index is 2.91. The summed E-state index contributed by atoms with van der Waals surface area (Å²) in [4.78, 5) is 0. The summed E-state index contributed by atoms with van der Waals surface area (Å²) < 4.78 is 18.5. The lowest BCUT2D eigenvalue weighted by Gasteiger charge is -2.12. The van der Waals surface area contributed by atoms with Gasteiger partial charge in [-0.15, -0.1) is 0 Å². The van der Waals surface area contributed by atoms with E-state index in [2.05, 4.69) is 15.9 Å². The van der Waals surface area contributed by atoms with E-state index in [4.69, 9.17) is 10.5 Å². The van der Waals surface area contributed by atoms with Crippen molar-refractivity contribution in [2.24, 2.45) is 5.73 Å². The summed E-state index contributed by atoms with van der Waals surface area (Å²) in [6.45, 7) is 0.377. The first-order valence-corrected chi connectivity index (χ1v) is 4.64. The molecule has 13 heavy (non-hydrogen) atoms. The molecule has 72 valence electrons. The summed E-state index contributed by atoms with van der Waals surface area (Å²) in [5.41, 5.74) is 6.48. The van der Waals surface area contributed by atoms with Crippen molar-refractivity contribution in [3.05, 3.63) is 34.1 Å². The molecule has 1 aromatic rings. The van der Waals surface area contributed by atoms with Crippen molar-refractivity contribution in [3.63, 3.8) is 0 Å². The predicted molar refractivity (Wildman–Crippen MR) is 52.9 cm³/mol. The number of halogens is 2. The van der Waals surface area contributed by atoms with Crippen LogP contribution in [-0.2, 0) is 4.74 Å². The van der Waals surface area contributed by atoms with Gasteiger partial charge in [-0.3, -0.25) is 0 Å². The molecule has 1 rings (SSSR count). The van der Waals surface area contributed by atoms with E-state index < -0.39 is 0 Å². The van der Waals surface area contributed by atoms with E-state index in [0.29, 0.717) is 6.61 Å². The molecule has 0 aromatic heterocycles. The van der Waals surface area contributed by atoms with Crippen molar-refractivity contribution in [2.45, 2.75) is 6.04 Å². The highest BCUT2D eigenvalue weighted by atomic mass is 79.9. The minimum atomic E-state index is -0.296. The van der Waals surface area contributed by atoms with E-state index in [1.54, 1.807) is 13.2 Å². The first kappa shape index (κ1) is 10.6. The molecule has 4 heteroatoms. The third kappa shape index (κ3) is 2.76. The maximum atomic E-state index is 12.8. The first-order valence-electron chi connectivity index (χ1n) is 3.84. The Hall–Kier alpha value is -0.450. The maximum absolute atomic E-state index is 12.8. The summed E-state index contributed by atoms with van der Waals surface area (Å²) in [7, 11) is 1.56. The summed E-state index contributed by atoms with van der Waals surface area (Å²) in [5.74, 6) is -0.287. The SMILES string of the molecule is COC[C@H](N)c1cc(F)ccc1Br. The first-order chi connectivity index (χ1) is 6.15. The number of ether oxygens (including phenoxy) is 1. The van der Waals surface area contributed by atoms with Gasteiger partial charge in [0.2, 0.25) is 0 Å². The monoisotopic (exact) mass is 247 g/mol. The molecule has 0 fully saturated rings. The van der Waals surface area contributed by atoms with Gasteiger partial charge in [0.1, 0.15) is 5.82 Å². The van der Waals surface area contributed by atoms with Crippen molar-refractivity contribution in [1.82, 2.24) is 0 Å². The molecule has 2 N–H and O–H groups in total. The maximum Gasteiger partial charge on any atom is 0.123 e. The van der Waals surface area contributed by atoms with Gasteiger partial charge in [-0.05, 0) is 23.8 Å². The van der Waals surface area contributed by atoms with Crippen LogP contribution in [0.3, 0.4) is 0 Å². The van der Waals surface area contributed by atoms with Crippen LogP contribution in [0.4, 0.5) is 4.39 Å². The summed E-state index contributed by atoms with van der Waals surface area (Å²) >= 11 is 3.30.